The van der Waals surface area contributed by atoms with E-state index in [0.29, 0.717) is 17.7 Å². The molecule has 0 fully saturated rings. The van der Waals surface area contributed by atoms with Crippen molar-refractivity contribution in [3.8, 4) is 0 Å². The Hall–Kier alpha value is -1.38. The van der Waals surface area contributed by atoms with Crippen molar-refractivity contribution in [2.24, 2.45) is 0 Å². The van der Waals surface area contributed by atoms with Crippen molar-refractivity contribution in [1.82, 2.24) is 4.98 Å². The molecule has 0 aromatic carbocycles. The molecular formula is C10H14N2O. The normalized spacial score (nSPS) is 10.1. The lowest BCUT2D eigenvalue weighted by Gasteiger charge is -2.06. The lowest BCUT2D eigenvalue weighted by atomic mass is 10.1. The van der Waals surface area contributed by atoms with Crippen molar-refractivity contribution in [1.29, 1.82) is 0 Å². The van der Waals surface area contributed by atoms with Crippen molar-refractivity contribution in [2.45, 2.75) is 27.2 Å². The van der Waals surface area contributed by atoms with Crippen molar-refractivity contribution < 1.29 is 4.79 Å². The Balaban J connectivity index is 3.28. The summed E-state index contributed by atoms with van der Waals surface area (Å²) in [6, 6.07) is 1.74. The molecule has 3 nitrogen and oxygen atoms in total. The highest BCUT2D eigenvalue weighted by Crippen LogP contribution is 2.17. The molecule has 0 aliphatic rings. The third-order valence-electron chi connectivity index (χ3n) is 2.00. The van der Waals surface area contributed by atoms with Gasteiger partial charge in [0.05, 0.1) is 11.4 Å². The number of ketones is 1. The molecule has 1 aromatic rings. The molecule has 0 saturated heterocycles. The molecule has 0 unspecified atom stereocenters. The summed E-state index contributed by atoms with van der Waals surface area (Å²) in [7, 11) is 0. The van der Waals surface area contributed by atoms with Crippen molar-refractivity contribution in [3.63, 3.8) is 0 Å². The maximum Gasteiger partial charge on any atom is 0.164 e. The summed E-state index contributed by atoms with van der Waals surface area (Å²) in [5, 5.41) is 0. The van der Waals surface area contributed by atoms with E-state index in [9.17, 15) is 4.79 Å². The fraction of sp³-hybridized carbons (Fsp3) is 0.400. The van der Waals surface area contributed by atoms with Gasteiger partial charge in [-0.2, -0.15) is 0 Å². The lowest BCUT2D eigenvalue weighted by molar-refractivity contribution is 0.0988. The van der Waals surface area contributed by atoms with Crippen LogP contribution in [0.4, 0.5) is 5.69 Å². The zero-order valence-corrected chi connectivity index (χ0v) is 8.22. The van der Waals surface area contributed by atoms with Crippen LogP contribution in [-0.2, 0) is 0 Å². The van der Waals surface area contributed by atoms with E-state index < -0.39 is 0 Å². The molecule has 0 saturated carbocycles. The first kappa shape index (κ1) is 9.71. The molecule has 0 bridgehead atoms. The number of aromatic nitrogens is 1. The monoisotopic (exact) mass is 178 g/mol. The van der Waals surface area contributed by atoms with E-state index in [-0.39, 0.29) is 5.78 Å². The van der Waals surface area contributed by atoms with Gasteiger partial charge in [0.2, 0.25) is 0 Å². The number of hydrogen-bond acceptors (Lipinski definition) is 3. The topological polar surface area (TPSA) is 56.0 Å². The lowest BCUT2D eigenvalue weighted by Crippen LogP contribution is -2.06. The summed E-state index contributed by atoms with van der Waals surface area (Å²) >= 11 is 0. The smallest absolute Gasteiger partial charge is 0.164 e. The third-order valence-corrected chi connectivity index (χ3v) is 2.00. The molecule has 0 amide bonds. The van der Waals surface area contributed by atoms with Gasteiger partial charge >= 0.3 is 0 Å². The fourth-order valence-electron chi connectivity index (χ4n) is 1.26. The highest BCUT2D eigenvalue weighted by atomic mass is 16.1. The second-order valence-electron chi connectivity index (χ2n) is 3.09. The van der Waals surface area contributed by atoms with Gasteiger partial charge in [-0.1, -0.05) is 6.92 Å². The minimum Gasteiger partial charge on any atom is -0.397 e. The molecule has 0 aliphatic carbocycles. The average molecular weight is 178 g/mol. The van der Waals surface area contributed by atoms with Crippen LogP contribution in [0, 0.1) is 13.8 Å². The Kier molecular flexibility index (Phi) is 2.66. The number of nitrogens with zero attached hydrogens (tertiary/aromatic N) is 1. The molecule has 70 valence electrons. The predicted octanol–water partition coefficient (Wildman–Crippen LogP) is 1.87. The molecule has 0 atom stereocenters. The van der Waals surface area contributed by atoms with E-state index in [1.54, 1.807) is 6.07 Å². The summed E-state index contributed by atoms with van der Waals surface area (Å²) in [5.41, 5.74) is 8.43. The standard InChI is InChI=1S/C10H14N2O/c1-4-9(13)8-5-6(2)12-7(3)10(8)11/h5H,4,11H2,1-3H3. The number of Topliss-reactive ketones (excluding diaryl/α,β-unsaturated/α-hetero) is 1. The van der Waals surface area contributed by atoms with Gasteiger partial charge in [0, 0.05) is 17.7 Å². The first-order chi connectivity index (χ1) is 6.06. The molecule has 0 spiro atoms. The second-order valence-corrected chi connectivity index (χ2v) is 3.09. The van der Waals surface area contributed by atoms with E-state index in [2.05, 4.69) is 4.98 Å². The van der Waals surface area contributed by atoms with Crippen LogP contribution in [0.25, 0.3) is 0 Å². The van der Waals surface area contributed by atoms with Gasteiger partial charge < -0.3 is 5.73 Å². The molecule has 2 N–H and O–H groups in total. The van der Waals surface area contributed by atoms with Crippen LogP contribution in [0.15, 0.2) is 6.07 Å². The molecule has 1 rings (SSSR count). The molecule has 1 heterocycles. The summed E-state index contributed by atoms with van der Waals surface area (Å²) in [6.07, 6.45) is 0.479. The van der Waals surface area contributed by atoms with Gasteiger partial charge in [0.25, 0.3) is 0 Å². The number of nitrogens with two attached hydrogens (primary N) is 1. The van der Waals surface area contributed by atoms with Crippen LogP contribution >= 0.6 is 0 Å². The highest BCUT2D eigenvalue weighted by Gasteiger charge is 2.10. The molecule has 13 heavy (non-hydrogen) atoms. The van der Waals surface area contributed by atoms with E-state index in [0.717, 1.165) is 11.4 Å². The summed E-state index contributed by atoms with van der Waals surface area (Å²) in [5.74, 6) is 0.0751. The molecule has 3 heteroatoms. The minimum absolute atomic E-state index is 0.0751. The maximum atomic E-state index is 11.4. The first-order valence-electron chi connectivity index (χ1n) is 4.33. The first-order valence-corrected chi connectivity index (χ1v) is 4.33. The molecule has 0 aliphatic heterocycles. The molecule has 0 radical (unpaired) electrons. The van der Waals surface area contributed by atoms with Crippen molar-refractivity contribution >= 4 is 11.5 Å². The second kappa shape index (κ2) is 3.56. The number of carbonyl (C=O) groups is 1. The number of anilines is 1. The van der Waals surface area contributed by atoms with E-state index >= 15 is 0 Å². The fourth-order valence-corrected chi connectivity index (χ4v) is 1.26. The van der Waals surface area contributed by atoms with E-state index in [4.69, 9.17) is 5.73 Å². The quantitative estimate of drug-likeness (QED) is 0.703. The number of nitrogen functional groups attached to an aromatic ring is 1. The van der Waals surface area contributed by atoms with Crippen LogP contribution in [-0.4, -0.2) is 10.8 Å². The summed E-state index contributed by atoms with van der Waals surface area (Å²) in [6.45, 7) is 5.50. The van der Waals surface area contributed by atoms with Crippen LogP contribution in [0.2, 0.25) is 0 Å². The number of hydrogen-bond donors (Lipinski definition) is 1. The van der Waals surface area contributed by atoms with Gasteiger partial charge in [-0.05, 0) is 19.9 Å². The number of rotatable bonds is 2. The Labute approximate surface area is 78.0 Å². The summed E-state index contributed by atoms with van der Waals surface area (Å²) < 4.78 is 0. The Morgan fingerprint density at radius 3 is 2.69 bits per heavy atom. The van der Waals surface area contributed by atoms with E-state index in [1.165, 1.54) is 0 Å². The predicted molar refractivity (Wildman–Crippen MR) is 52.7 cm³/mol. The zero-order chi connectivity index (χ0) is 10.0. The van der Waals surface area contributed by atoms with Crippen molar-refractivity contribution in [3.05, 3.63) is 23.0 Å². The van der Waals surface area contributed by atoms with Crippen LogP contribution in [0.3, 0.4) is 0 Å². The third kappa shape index (κ3) is 1.86. The van der Waals surface area contributed by atoms with Gasteiger partial charge in [-0.3, -0.25) is 9.78 Å². The maximum absolute atomic E-state index is 11.4. The summed E-state index contributed by atoms with van der Waals surface area (Å²) in [4.78, 5) is 15.6. The average Bonchev–Trinajstić information content (AvgIpc) is 2.10. The van der Waals surface area contributed by atoms with Gasteiger partial charge in [0.15, 0.2) is 5.78 Å². The SMILES string of the molecule is CCC(=O)c1cc(C)nc(C)c1N. The number of carbonyl (C=O) groups excluding carboxylic acids is 1. The highest BCUT2D eigenvalue weighted by molar-refractivity contribution is 6.00. The molecule has 1 aromatic heterocycles. The van der Waals surface area contributed by atoms with Gasteiger partial charge in [0.1, 0.15) is 0 Å². The Morgan fingerprint density at radius 2 is 2.15 bits per heavy atom. The van der Waals surface area contributed by atoms with Crippen LogP contribution < -0.4 is 5.73 Å². The van der Waals surface area contributed by atoms with Crippen LogP contribution in [0.5, 0.6) is 0 Å². The largest absolute Gasteiger partial charge is 0.397 e. The number of aryl methyl sites for hydroxylation is 2. The van der Waals surface area contributed by atoms with Crippen LogP contribution in [0.1, 0.15) is 35.1 Å². The Bertz CT molecular complexity index is 345. The molecular weight excluding hydrogens is 164 g/mol. The minimum atomic E-state index is 0.0751. The zero-order valence-electron chi connectivity index (χ0n) is 8.22. The van der Waals surface area contributed by atoms with E-state index in [1.807, 2.05) is 20.8 Å². The van der Waals surface area contributed by atoms with Crippen molar-refractivity contribution in [2.75, 3.05) is 5.73 Å². The van der Waals surface area contributed by atoms with Gasteiger partial charge in [-0.15, -0.1) is 0 Å². The van der Waals surface area contributed by atoms with Gasteiger partial charge in [-0.25, -0.2) is 0 Å². The Morgan fingerprint density at radius 1 is 1.54 bits per heavy atom. The number of pyridine rings is 1.